The van der Waals surface area contributed by atoms with Crippen molar-refractivity contribution >= 4 is 29.2 Å². The lowest BCUT2D eigenvalue weighted by molar-refractivity contribution is -0.385. The Labute approximate surface area is 128 Å². The van der Waals surface area contributed by atoms with E-state index >= 15 is 0 Å². The Morgan fingerprint density at radius 1 is 1.38 bits per heavy atom. The fourth-order valence-corrected chi connectivity index (χ4v) is 3.65. The lowest BCUT2D eigenvalue weighted by atomic mass is 10.1. The summed E-state index contributed by atoms with van der Waals surface area (Å²) in [4.78, 5) is 19.1. The van der Waals surface area contributed by atoms with Crippen molar-refractivity contribution in [2.75, 3.05) is 30.5 Å². The maximum Gasteiger partial charge on any atom is 0.332 e. The van der Waals surface area contributed by atoms with Crippen LogP contribution in [0, 0.1) is 17.0 Å². The van der Waals surface area contributed by atoms with Crippen molar-refractivity contribution in [3.8, 4) is 0 Å². The SMILES string of the molecule is CNc1nc(C)c([N+](=O)[O-])c(NCC2(SC)CCCC2)n1. The third kappa shape index (κ3) is 3.37. The van der Waals surface area contributed by atoms with E-state index in [9.17, 15) is 10.1 Å². The number of rotatable bonds is 6. The largest absolute Gasteiger partial charge is 0.363 e. The first-order valence-corrected chi connectivity index (χ1v) is 8.23. The summed E-state index contributed by atoms with van der Waals surface area (Å²) in [6.07, 6.45) is 6.81. The van der Waals surface area contributed by atoms with Crippen molar-refractivity contribution in [2.45, 2.75) is 37.4 Å². The molecule has 1 aliphatic carbocycles. The van der Waals surface area contributed by atoms with Gasteiger partial charge in [-0.2, -0.15) is 16.7 Å². The van der Waals surface area contributed by atoms with Crippen molar-refractivity contribution in [1.82, 2.24) is 9.97 Å². The van der Waals surface area contributed by atoms with Crippen molar-refractivity contribution in [1.29, 1.82) is 0 Å². The van der Waals surface area contributed by atoms with Crippen LogP contribution < -0.4 is 10.6 Å². The highest BCUT2D eigenvalue weighted by molar-refractivity contribution is 8.00. The summed E-state index contributed by atoms with van der Waals surface area (Å²) < 4.78 is 0.159. The van der Waals surface area contributed by atoms with Crippen molar-refractivity contribution in [3.05, 3.63) is 15.8 Å². The molecule has 1 aromatic rings. The maximum absolute atomic E-state index is 11.2. The van der Waals surface area contributed by atoms with Crippen LogP contribution in [0.15, 0.2) is 0 Å². The number of nitro groups is 1. The number of aromatic nitrogens is 2. The molecule has 0 unspecified atom stereocenters. The van der Waals surface area contributed by atoms with Gasteiger partial charge in [0.25, 0.3) is 0 Å². The van der Waals surface area contributed by atoms with Crippen LogP contribution in [-0.2, 0) is 0 Å². The summed E-state index contributed by atoms with van der Waals surface area (Å²) in [5.74, 6) is 0.697. The van der Waals surface area contributed by atoms with Gasteiger partial charge in [0.05, 0.1) is 4.92 Å². The smallest absolute Gasteiger partial charge is 0.332 e. The Balaban J connectivity index is 2.25. The Kier molecular flexibility index (Phi) is 4.87. The van der Waals surface area contributed by atoms with Crippen LogP contribution in [0.3, 0.4) is 0 Å². The summed E-state index contributed by atoms with van der Waals surface area (Å²) in [5.41, 5.74) is 0.328. The average Bonchev–Trinajstić information content (AvgIpc) is 2.93. The second-order valence-electron chi connectivity index (χ2n) is 5.28. The average molecular weight is 311 g/mol. The van der Waals surface area contributed by atoms with Crippen LogP contribution in [0.4, 0.5) is 17.5 Å². The van der Waals surface area contributed by atoms with E-state index in [2.05, 4.69) is 26.9 Å². The molecule has 0 aliphatic heterocycles. The number of hydrogen-bond donors (Lipinski definition) is 2. The zero-order chi connectivity index (χ0) is 15.5. The van der Waals surface area contributed by atoms with Crippen LogP contribution in [0.1, 0.15) is 31.4 Å². The fraction of sp³-hybridized carbons (Fsp3) is 0.692. The van der Waals surface area contributed by atoms with Crippen molar-refractivity contribution in [2.24, 2.45) is 0 Å². The third-order valence-corrected chi connectivity index (χ3v) is 5.41. The van der Waals surface area contributed by atoms with Gasteiger partial charge in [-0.1, -0.05) is 12.8 Å². The fourth-order valence-electron chi connectivity index (χ4n) is 2.74. The van der Waals surface area contributed by atoms with Crippen LogP contribution in [0.2, 0.25) is 0 Å². The highest BCUT2D eigenvalue weighted by atomic mass is 32.2. The lowest BCUT2D eigenvalue weighted by Gasteiger charge is -2.27. The summed E-state index contributed by atoms with van der Waals surface area (Å²) in [7, 11) is 1.70. The van der Waals surface area contributed by atoms with E-state index in [0.29, 0.717) is 24.0 Å². The van der Waals surface area contributed by atoms with E-state index in [1.165, 1.54) is 12.8 Å². The molecule has 2 N–H and O–H groups in total. The molecule has 1 saturated carbocycles. The molecule has 1 heterocycles. The van der Waals surface area contributed by atoms with E-state index in [1.54, 1.807) is 14.0 Å². The van der Waals surface area contributed by atoms with Gasteiger partial charge in [0.2, 0.25) is 11.8 Å². The summed E-state index contributed by atoms with van der Waals surface area (Å²) >= 11 is 1.84. The van der Waals surface area contributed by atoms with Crippen LogP contribution in [0.5, 0.6) is 0 Å². The third-order valence-electron chi connectivity index (χ3n) is 3.99. The maximum atomic E-state index is 11.2. The van der Waals surface area contributed by atoms with Gasteiger partial charge in [-0.05, 0) is 26.0 Å². The monoisotopic (exact) mass is 311 g/mol. The topological polar surface area (TPSA) is 93.0 Å². The predicted molar refractivity (Wildman–Crippen MR) is 86.2 cm³/mol. The molecule has 1 fully saturated rings. The molecule has 0 atom stereocenters. The number of hydrogen-bond acceptors (Lipinski definition) is 7. The Morgan fingerprint density at radius 2 is 2.05 bits per heavy atom. The van der Waals surface area contributed by atoms with Gasteiger partial charge >= 0.3 is 5.69 Å². The normalized spacial score (nSPS) is 16.7. The van der Waals surface area contributed by atoms with Gasteiger partial charge in [0.1, 0.15) is 5.69 Å². The first kappa shape index (κ1) is 15.8. The Hall–Kier alpha value is -1.57. The number of aryl methyl sites for hydroxylation is 1. The second-order valence-corrected chi connectivity index (χ2v) is 6.56. The van der Waals surface area contributed by atoms with E-state index in [-0.39, 0.29) is 10.4 Å². The lowest BCUT2D eigenvalue weighted by Crippen LogP contribution is -2.30. The molecule has 0 bridgehead atoms. The molecule has 0 radical (unpaired) electrons. The van der Waals surface area contributed by atoms with Gasteiger partial charge in [0.15, 0.2) is 0 Å². The van der Waals surface area contributed by atoms with Gasteiger partial charge in [-0.25, -0.2) is 4.98 Å². The predicted octanol–water partition coefficient (Wildman–Crippen LogP) is 2.82. The molecule has 0 amide bonds. The van der Waals surface area contributed by atoms with E-state index in [1.807, 2.05) is 11.8 Å². The highest BCUT2D eigenvalue weighted by Crippen LogP contribution is 2.40. The second kappa shape index (κ2) is 6.46. The van der Waals surface area contributed by atoms with Gasteiger partial charge in [-0.15, -0.1) is 0 Å². The van der Waals surface area contributed by atoms with Gasteiger partial charge < -0.3 is 10.6 Å². The molecule has 1 aromatic heterocycles. The number of nitrogens with one attached hydrogen (secondary N) is 2. The molecule has 8 heteroatoms. The van der Waals surface area contributed by atoms with Crippen LogP contribution >= 0.6 is 11.8 Å². The standard InChI is InChI=1S/C13H21N5O2S/c1-9-10(18(19)20)11(17-12(14-2)16-9)15-8-13(21-3)6-4-5-7-13/h4-8H2,1-3H3,(H2,14,15,16,17). The zero-order valence-electron chi connectivity index (χ0n) is 12.6. The highest BCUT2D eigenvalue weighted by Gasteiger charge is 2.34. The first-order valence-electron chi connectivity index (χ1n) is 7.01. The Morgan fingerprint density at radius 3 is 2.57 bits per heavy atom. The minimum atomic E-state index is -0.419. The molecule has 116 valence electrons. The minimum absolute atomic E-state index is 0.0387. The quantitative estimate of drug-likeness (QED) is 0.616. The van der Waals surface area contributed by atoms with Gasteiger partial charge in [-0.3, -0.25) is 10.1 Å². The summed E-state index contributed by atoms with van der Waals surface area (Å²) in [5, 5.41) is 17.3. The van der Waals surface area contributed by atoms with Crippen molar-refractivity contribution in [3.63, 3.8) is 0 Å². The molecule has 0 aromatic carbocycles. The number of anilines is 2. The molecule has 0 saturated heterocycles. The number of thioether (sulfide) groups is 1. The van der Waals surface area contributed by atoms with Gasteiger partial charge in [0, 0.05) is 18.3 Å². The first-order chi connectivity index (χ1) is 10.0. The van der Waals surface area contributed by atoms with E-state index in [0.717, 1.165) is 12.8 Å². The molecule has 21 heavy (non-hydrogen) atoms. The zero-order valence-corrected chi connectivity index (χ0v) is 13.4. The van der Waals surface area contributed by atoms with E-state index < -0.39 is 4.92 Å². The summed E-state index contributed by atoms with van der Waals surface area (Å²) in [6.45, 7) is 2.32. The van der Waals surface area contributed by atoms with Crippen molar-refractivity contribution < 1.29 is 4.92 Å². The minimum Gasteiger partial charge on any atom is -0.363 e. The Bertz CT molecular complexity index is 532. The molecule has 1 aliphatic rings. The van der Waals surface area contributed by atoms with Crippen LogP contribution in [-0.4, -0.2) is 39.5 Å². The molecule has 7 nitrogen and oxygen atoms in total. The molecule has 2 rings (SSSR count). The molecular formula is C13H21N5O2S. The molecule has 0 spiro atoms. The molecular weight excluding hydrogens is 290 g/mol. The van der Waals surface area contributed by atoms with Crippen LogP contribution in [0.25, 0.3) is 0 Å². The van der Waals surface area contributed by atoms with E-state index in [4.69, 9.17) is 0 Å². The number of nitrogens with zero attached hydrogens (tertiary/aromatic N) is 3. The summed E-state index contributed by atoms with van der Waals surface area (Å²) in [6, 6.07) is 0.